The van der Waals surface area contributed by atoms with Crippen LogP contribution in [0.5, 0.6) is 0 Å². The van der Waals surface area contributed by atoms with Crippen LogP contribution in [0.25, 0.3) is 0 Å². The molecule has 2 aliphatic heterocycles. The van der Waals surface area contributed by atoms with Crippen molar-refractivity contribution in [2.75, 3.05) is 19.6 Å². The van der Waals surface area contributed by atoms with Crippen molar-refractivity contribution < 1.29 is 19.7 Å². The van der Waals surface area contributed by atoms with Crippen LogP contribution >= 0.6 is 0 Å². The van der Waals surface area contributed by atoms with Crippen LogP contribution in [-0.2, 0) is 9.53 Å². The Kier molecular flexibility index (Phi) is 3.78. The molecule has 16 heavy (non-hydrogen) atoms. The van der Waals surface area contributed by atoms with Crippen LogP contribution in [-0.4, -0.2) is 59.0 Å². The SMILES string of the molecule is O=C(O)C1CCC(CN2CCCC(O)C2)O1. The standard InChI is InChI=1S/C11H19NO4/c13-8-2-1-5-12(6-8)7-9-3-4-10(16-9)11(14)15/h8-10,13H,1-7H2,(H,14,15). The number of nitrogens with zero attached hydrogens (tertiary/aromatic N) is 1. The molecule has 2 rings (SSSR count). The molecule has 0 saturated carbocycles. The van der Waals surface area contributed by atoms with Crippen LogP contribution in [0.3, 0.4) is 0 Å². The van der Waals surface area contributed by atoms with E-state index in [1.807, 2.05) is 0 Å². The summed E-state index contributed by atoms with van der Waals surface area (Å²) in [4.78, 5) is 12.9. The topological polar surface area (TPSA) is 70.0 Å². The van der Waals surface area contributed by atoms with Gasteiger partial charge in [0.1, 0.15) is 0 Å². The molecule has 0 spiro atoms. The highest BCUT2D eigenvalue weighted by atomic mass is 16.5. The van der Waals surface area contributed by atoms with Crippen LogP contribution in [0.15, 0.2) is 0 Å². The molecule has 5 heteroatoms. The lowest BCUT2D eigenvalue weighted by Gasteiger charge is -2.31. The number of carboxylic acid groups (broad SMARTS) is 1. The normalized spacial score (nSPS) is 36.4. The summed E-state index contributed by atoms with van der Waals surface area (Å²) in [6, 6.07) is 0. The van der Waals surface area contributed by atoms with Gasteiger partial charge in [0.2, 0.25) is 0 Å². The summed E-state index contributed by atoms with van der Waals surface area (Å²) in [6.07, 6.45) is 2.47. The minimum Gasteiger partial charge on any atom is -0.479 e. The highest BCUT2D eigenvalue weighted by Gasteiger charge is 2.32. The van der Waals surface area contributed by atoms with Gasteiger partial charge in [-0.15, -0.1) is 0 Å². The molecule has 3 unspecified atom stereocenters. The van der Waals surface area contributed by atoms with Gasteiger partial charge in [-0.3, -0.25) is 4.90 Å². The van der Waals surface area contributed by atoms with E-state index in [0.717, 1.165) is 32.4 Å². The molecule has 2 heterocycles. The molecular weight excluding hydrogens is 210 g/mol. The van der Waals surface area contributed by atoms with Gasteiger partial charge >= 0.3 is 5.97 Å². The molecule has 0 aromatic rings. The van der Waals surface area contributed by atoms with Crippen molar-refractivity contribution in [2.45, 2.75) is 44.0 Å². The van der Waals surface area contributed by atoms with Crippen molar-refractivity contribution in [1.82, 2.24) is 4.90 Å². The van der Waals surface area contributed by atoms with Crippen LogP contribution < -0.4 is 0 Å². The molecule has 0 aliphatic carbocycles. The molecule has 0 radical (unpaired) electrons. The molecule has 0 amide bonds. The summed E-state index contributed by atoms with van der Waals surface area (Å²) < 4.78 is 5.44. The van der Waals surface area contributed by atoms with Gasteiger partial charge in [-0.2, -0.15) is 0 Å². The Bertz CT molecular complexity index is 258. The van der Waals surface area contributed by atoms with Crippen molar-refractivity contribution in [3.05, 3.63) is 0 Å². The summed E-state index contributed by atoms with van der Waals surface area (Å²) in [6.45, 7) is 2.42. The maximum atomic E-state index is 10.7. The number of carboxylic acids is 1. The van der Waals surface area contributed by atoms with Crippen molar-refractivity contribution in [3.63, 3.8) is 0 Å². The van der Waals surface area contributed by atoms with E-state index in [9.17, 15) is 9.90 Å². The molecule has 0 aromatic heterocycles. The Morgan fingerprint density at radius 3 is 2.81 bits per heavy atom. The van der Waals surface area contributed by atoms with E-state index in [2.05, 4.69) is 4.90 Å². The second-order valence-electron chi connectivity index (χ2n) is 4.72. The third-order valence-electron chi connectivity index (χ3n) is 3.33. The monoisotopic (exact) mass is 229 g/mol. The lowest BCUT2D eigenvalue weighted by atomic mass is 10.1. The first-order valence-corrected chi connectivity index (χ1v) is 5.94. The predicted octanol–water partition coefficient (Wildman–Crippen LogP) is 0.0753. The Hall–Kier alpha value is -0.650. The van der Waals surface area contributed by atoms with Gasteiger partial charge < -0.3 is 14.9 Å². The number of carbonyl (C=O) groups is 1. The zero-order valence-electron chi connectivity index (χ0n) is 9.34. The van der Waals surface area contributed by atoms with Gasteiger partial charge in [0.05, 0.1) is 12.2 Å². The quantitative estimate of drug-likeness (QED) is 0.717. The molecule has 2 N–H and O–H groups in total. The molecular formula is C11H19NO4. The molecule has 2 fully saturated rings. The first-order valence-electron chi connectivity index (χ1n) is 5.94. The lowest BCUT2D eigenvalue weighted by molar-refractivity contribution is -0.149. The number of ether oxygens (including phenoxy) is 1. The smallest absolute Gasteiger partial charge is 0.332 e. The summed E-state index contributed by atoms with van der Waals surface area (Å²) in [7, 11) is 0. The van der Waals surface area contributed by atoms with Gasteiger partial charge in [0.25, 0.3) is 0 Å². The van der Waals surface area contributed by atoms with E-state index in [0.29, 0.717) is 13.0 Å². The summed E-state index contributed by atoms with van der Waals surface area (Å²) >= 11 is 0. The molecule has 2 aliphatic rings. The number of hydrogen-bond donors (Lipinski definition) is 2. The van der Waals surface area contributed by atoms with Crippen molar-refractivity contribution >= 4 is 5.97 Å². The first kappa shape index (κ1) is 11.8. The van der Waals surface area contributed by atoms with Crippen molar-refractivity contribution in [3.8, 4) is 0 Å². The fraction of sp³-hybridized carbons (Fsp3) is 0.909. The van der Waals surface area contributed by atoms with Crippen molar-refractivity contribution in [2.24, 2.45) is 0 Å². The Morgan fingerprint density at radius 2 is 2.19 bits per heavy atom. The van der Waals surface area contributed by atoms with E-state index >= 15 is 0 Å². The van der Waals surface area contributed by atoms with E-state index in [1.165, 1.54) is 0 Å². The summed E-state index contributed by atoms with van der Waals surface area (Å²) in [5, 5.41) is 18.3. The number of aliphatic hydroxyl groups excluding tert-OH is 1. The van der Waals surface area contributed by atoms with Crippen LogP contribution in [0.1, 0.15) is 25.7 Å². The Labute approximate surface area is 95.0 Å². The van der Waals surface area contributed by atoms with E-state index in [-0.39, 0.29) is 12.2 Å². The summed E-state index contributed by atoms with van der Waals surface area (Å²) in [5.41, 5.74) is 0. The first-order chi connectivity index (χ1) is 7.65. The zero-order chi connectivity index (χ0) is 11.5. The molecule has 92 valence electrons. The molecule has 5 nitrogen and oxygen atoms in total. The fourth-order valence-electron chi connectivity index (χ4n) is 2.51. The highest BCUT2D eigenvalue weighted by Crippen LogP contribution is 2.22. The van der Waals surface area contributed by atoms with Crippen LogP contribution in [0.4, 0.5) is 0 Å². The fourth-order valence-corrected chi connectivity index (χ4v) is 2.51. The number of likely N-dealkylation sites (tertiary alicyclic amines) is 1. The minimum atomic E-state index is -0.860. The highest BCUT2D eigenvalue weighted by molar-refractivity contribution is 5.72. The van der Waals surface area contributed by atoms with Gasteiger partial charge in [-0.1, -0.05) is 0 Å². The van der Waals surface area contributed by atoms with E-state index in [4.69, 9.17) is 9.84 Å². The van der Waals surface area contributed by atoms with Crippen LogP contribution in [0, 0.1) is 0 Å². The van der Waals surface area contributed by atoms with Crippen LogP contribution in [0.2, 0.25) is 0 Å². The Balaban J connectivity index is 1.76. The van der Waals surface area contributed by atoms with Crippen molar-refractivity contribution in [1.29, 1.82) is 0 Å². The van der Waals surface area contributed by atoms with Gasteiger partial charge in [-0.25, -0.2) is 4.79 Å². The summed E-state index contributed by atoms with van der Waals surface area (Å²) in [5.74, 6) is -0.860. The molecule has 0 bridgehead atoms. The number of rotatable bonds is 3. The lowest BCUT2D eigenvalue weighted by Crippen LogP contribution is -2.42. The van der Waals surface area contributed by atoms with E-state index < -0.39 is 12.1 Å². The second-order valence-corrected chi connectivity index (χ2v) is 4.72. The zero-order valence-corrected chi connectivity index (χ0v) is 9.34. The van der Waals surface area contributed by atoms with Gasteiger partial charge in [0, 0.05) is 13.1 Å². The molecule has 2 saturated heterocycles. The number of aliphatic hydroxyl groups is 1. The maximum absolute atomic E-state index is 10.7. The average Bonchev–Trinajstić information content (AvgIpc) is 2.66. The van der Waals surface area contributed by atoms with Gasteiger partial charge in [-0.05, 0) is 32.2 Å². The third kappa shape index (κ3) is 2.93. The van der Waals surface area contributed by atoms with E-state index in [1.54, 1.807) is 0 Å². The number of aliphatic carboxylic acids is 1. The number of piperidine rings is 1. The predicted molar refractivity (Wildman–Crippen MR) is 57.2 cm³/mol. The third-order valence-corrected chi connectivity index (χ3v) is 3.33. The number of hydrogen-bond acceptors (Lipinski definition) is 4. The Morgan fingerprint density at radius 1 is 1.38 bits per heavy atom. The maximum Gasteiger partial charge on any atom is 0.332 e. The minimum absolute atomic E-state index is 0.0198. The number of β-amino-alcohol motifs (C(OH)–C–C–N with tert-alkyl or cyclic N) is 1. The average molecular weight is 229 g/mol. The molecule has 0 aromatic carbocycles. The second kappa shape index (κ2) is 5.12. The largest absolute Gasteiger partial charge is 0.479 e. The molecule has 3 atom stereocenters. The van der Waals surface area contributed by atoms with Gasteiger partial charge in [0.15, 0.2) is 6.10 Å².